The van der Waals surface area contributed by atoms with Crippen molar-refractivity contribution in [1.82, 2.24) is 0 Å². The highest BCUT2D eigenvalue weighted by Gasteiger charge is 2.86. The Hall–Kier alpha value is -0.720. The van der Waals surface area contributed by atoms with Gasteiger partial charge in [0.15, 0.2) is 35.0 Å². The zero-order valence-corrected chi connectivity index (χ0v) is 84.4. The second-order valence-corrected chi connectivity index (χ2v) is 41.3. The van der Waals surface area contributed by atoms with Gasteiger partial charge in [0.25, 0.3) is 0 Å². The summed E-state index contributed by atoms with van der Waals surface area (Å²) in [4.78, 5) is 0. The Balaban J connectivity index is 1.58. The van der Waals surface area contributed by atoms with Gasteiger partial charge in [0.1, 0.15) is 234 Å². The number of aliphatic hydroxyl groups excluding tert-OH is 33. The number of thiol groups is 4. The predicted molar refractivity (Wildman–Crippen MR) is 498 cm³/mol. The van der Waals surface area contributed by atoms with Crippen LogP contribution in [0.4, 0.5) is 0 Å². The third kappa shape index (κ3) is 25.7. The van der Waals surface area contributed by atoms with Crippen LogP contribution >= 0.6 is 50.5 Å². The number of unbranched alkanes of at least 4 members (excludes halogenated alkanes) is 8. The number of hydrogen-bond donors (Lipinski definition) is 41. The Bertz CT molecular complexity index is 3740. The van der Waals surface area contributed by atoms with Crippen molar-refractivity contribution in [3.05, 3.63) is 0 Å². The summed E-state index contributed by atoms with van der Waals surface area (Å²) < 4.78 is 103. The third-order valence-corrected chi connectivity index (χ3v) is 31.3. The molecule has 9 aliphatic rings. The van der Waals surface area contributed by atoms with E-state index in [-0.39, 0.29) is 90.4 Å². The number of nitrogens with two attached hydrogens (primary N) is 1. The van der Waals surface area contributed by atoms with Gasteiger partial charge in [-0.05, 0) is 25.7 Å². The molecule has 0 saturated carbocycles. The number of rotatable bonds is 54. The Kier molecular flexibility index (Phi) is 49.0. The first kappa shape index (κ1) is 128. The molecule has 9 unspecified atom stereocenters. The largest absolute Gasteiger partial charge is 0.394 e. The lowest BCUT2D eigenvalue weighted by Gasteiger charge is -2.70. The van der Waals surface area contributed by atoms with Crippen LogP contribution in [0.1, 0.15) is 130 Å². The van der Waals surface area contributed by atoms with Gasteiger partial charge >= 0.3 is 0 Å². The fraction of sp³-hybridized carbons (Fsp3) is 1.00. The van der Waals surface area contributed by atoms with Gasteiger partial charge in [-0.1, -0.05) is 79.1 Å². The summed E-state index contributed by atoms with van der Waals surface area (Å²) in [7, 11) is 0. The summed E-state index contributed by atoms with van der Waals surface area (Å²) in [5.41, 5.74) is -23.0. The van der Waals surface area contributed by atoms with Crippen molar-refractivity contribution >= 4 is 50.5 Å². The van der Waals surface area contributed by atoms with E-state index in [4.69, 9.17) is 81.5 Å². The van der Waals surface area contributed by atoms with Crippen LogP contribution in [-0.2, 0) is 75.8 Å². The van der Waals surface area contributed by atoms with Crippen LogP contribution in [0.25, 0.3) is 0 Å². The highest BCUT2D eigenvalue weighted by Crippen LogP contribution is 2.64. The number of ether oxygens (including phenoxy) is 16. The second-order valence-electron chi connectivity index (χ2n) is 39.2. The topological polar surface area (TPSA) is 902 Å². The van der Waals surface area contributed by atoms with E-state index in [1.165, 1.54) is 0 Å². The predicted octanol–water partition coefficient (Wildman–Crippen LogP) is -15.8. The van der Waals surface area contributed by atoms with Gasteiger partial charge in [-0.25, -0.2) is 0 Å². The van der Waals surface area contributed by atoms with Crippen LogP contribution in [0.5, 0.6) is 0 Å². The van der Waals surface area contributed by atoms with Gasteiger partial charge in [-0.15, -0.1) is 50.5 Å². The first-order valence-corrected chi connectivity index (χ1v) is 51.5. The Morgan fingerprint density at radius 3 is 0.800 bits per heavy atom. The lowest BCUT2D eigenvalue weighted by Crippen LogP contribution is -2.92. The summed E-state index contributed by atoms with van der Waals surface area (Å²) >= 11 is 18.2. The maximum absolute atomic E-state index is 17.1. The lowest BCUT2D eigenvalue weighted by molar-refractivity contribution is -0.471. The Labute approximate surface area is 858 Å². The quantitative estimate of drug-likeness (QED) is 0.0153. The van der Waals surface area contributed by atoms with Crippen LogP contribution in [0.3, 0.4) is 0 Å². The van der Waals surface area contributed by atoms with Crippen LogP contribution in [-0.4, -0.2) is 576 Å². The summed E-state index contributed by atoms with van der Waals surface area (Å²) in [5.74, 6) is -26.5. The molecule has 0 aromatic heterocycles. The van der Waals surface area contributed by atoms with Crippen LogP contribution in [0.15, 0.2) is 0 Å². The van der Waals surface area contributed by atoms with Crippen LogP contribution < -0.4 is 5.73 Å². The first-order valence-electron chi connectivity index (χ1n) is 49.4. The van der Waals surface area contributed by atoms with Gasteiger partial charge in [0.2, 0.25) is 0 Å². The standard InChI is InChI=1S/C88H161NO52S4/c1-5-9-13-17-82(72(115)60(111)51(102)39(31-94)134-82)138-68-56(107)47(98)35(27-90)129-64(68)43(77(119)142)55(106)76-86(123,44(78(120)143)65-69(57(108)48(99)36(28-91)130-65)139-83(18-14-10-6-2)73(116)61(112)52(103)40(32-95)135-83)88(125,46(80(122)145)67-71(59(110)50(101)38(30-93)132-67)141-85(20-16-12-8-4)75(118)63(114)54(105)42(34-97)137-85)87(124,81(133-76)128-26-25-127-24-23-126-22-21-89)45(79(121)144)66-70(58(109)49(100)37(29-92)131-66)140-84(19-15-11-7-3)74(117)62(113)53(104)41(33-96)136-84/h35-81,90-125,142-145H,5-34,89H2,1-4H3/t35-,36-,37-,38-,39-,40-,41-,42-,43?,44?,45?,46?,47-,48-,49-,50-,51-,52-,53-,54-,55?,56+,57+,58+,59+,60+,61+,62+,63+,64+,65+,66+,67+,68+,69+,70+,71+,72+,73+,74+,75+,76-,77?,78?,79?,80?,81-,82+,83+,84+,85+,86-,87+,88+/m1/s1. The van der Waals surface area contributed by atoms with Crippen molar-refractivity contribution < 1.29 is 260 Å². The van der Waals surface area contributed by atoms with E-state index in [1.807, 2.05) is 0 Å². The van der Waals surface area contributed by atoms with E-state index in [2.05, 4.69) is 50.5 Å². The highest BCUT2D eigenvalue weighted by molar-refractivity contribution is 7.81. The summed E-state index contributed by atoms with van der Waals surface area (Å²) in [6.45, 7) is -7.86. The average Bonchev–Trinajstić information content (AvgIpc) is 0.657. The molecule has 9 aliphatic heterocycles. The van der Waals surface area contributed by atoms with E-state index < -0.39 is 422 Å². The van der Waals surface area contributed by atoms with Gasteiger partial charge in [-0.3, -0.25) is 0 Å². The van der Waals surface area contributed by atoms with Crippen molar-refractivity contribution in [3.8, 4) is 0 Å². The molecule has 0 spiro atoms. The molecule has 0 radical (unpaired) electrons. The van der Waals surface area contributed by atoms with E-state index in [1.54, 1.807) is 27.7 Å². The zero-order valence-electron chi connectivity index (χ0n) is 80.8. The molecule has 9 rings (SSSR count). The molecule has 9 heterocycles. The summed E-state index contributed by atoms with van der Waals surface area (Å²) in [5, 5.41) is 458. The van der Waals surface area contributed by atoms with Crippen molar-refractivity contribution in [2.75, 3.05) is 92.4 Å². The Morgan fingerprint density at radius 2 is 0.538 bits per heavy atom. The molecule has 854 valence electrons. The molecule has 9 fully saturated rings. The molecule has 57 heteroatoms. The maximum atomic E-state index is 17.1. The van der Waals surface area contributed by atoms with Crippen molar-refractivity contribution in [2.45, 2.75) is 430 Å². The van der Waals surface area contributed by atoms with Crippen molar-refractivity contribution in [3.63, 3.8) is 0 Å². The Morgan fingerprint density at radius 1 is 0.290 bits per heavy atom. The number of hydrogen-bond acceptors (Lipinski definition) is 57. The molecule has 0 aromatic carbocycles. The smallest absolute Gasteiger partial charge is 0.198 e. The molecule has 38 N–H and O–H groups in total. The van der Waals surface area contributed by atoms with Gasteiger partial charge < -0.3 is 265 Å². The summed E-state index contributed by atoms with van der Waals surface area (Å²) in [6.07, 6.45) is -108. The molecule has 0 aromatic rings. The van der Waals surface area contributed by atoms with Crippen LogP contribution in [0.2, 0.25) is 0 Å². The molecular formula is C88H161NO52S4. The third-order valence-electron chi connectivity index (χ3n) is 30.0. The van der Waals surface area contributed by atoms with E-state index in [9.17, 15) is 163 Å². The minimum Gasteiger partial charge on any atom is -0.394 e. The van der Waals surface area contributed by atoms with Crippen molar-refractivity contribution in [2.24, 2.45) is 29.4 Å². The highest BCUT2D eigenvalue weighted by atomic mass is 32.1. The van der Waals surface area contributed by atoms with Gasteiger partial charge in [-0.2, -0.15) is 0 Å². The van der Waals surface area contributed by atoms with E-state index in [0.717, 1.165) is 0 Å². The zero-order chi connectivity index (χ0) is 108. The SMILES string of the molecule is CCCCC[C@@]1(O[C@H]2[C@@H](O)[C@H](O)[C@@H](CO)O[C@H]2C(C(O)S)C(O)[C@H]2O[C@@H](OCCOCCOCCN)[C@@](O)(C(C(O)S)[C@@H]3O[C@H](CO)[C@@H](O)[C@H](O)[C@@H]3O[C@]3(CCCCC)O[C@H](CO)[C@@H](O)[C@H](O)[C@@H]3O)[C@](O)(C(C(O)S)[C@@H]3O[C@H](CO)[C@@H](O)[C@H](O)[C@@H]3O[C@]3(CCCCC)O[C@H](CO)[C@@H](O)[C@H](O)[C@@H]3O)[C@@]2(O)C(C(O)S)[C@@H]2O[C@H](CO)[C@@H](O)[C@H](O)[C@@H]2O[C@]2(CCCCC)O[C@H](CO)[C@@H](O)[C@H](O)[C@@H]2O)O[C@H](CO)[C@@H](O)[C@H](O)[C@@H]1O. The van der Waals surface area contributed by atoms with E-state index in [0.29, 0.717) is 6.42 Å². The second kappa shape index (κ2) is 55.7. The normalized spacial score (nSPS) is 46.4. The molecular weight excluding hydrogens is 2030 g/mol. The molecule has 0 bridgehead atoms. The fourth-order valence-corrected chi connectivity index (χ4v) is 23.7. The molecule has 54 atom stereocenters. The first-order chi connectivity index (χ1) is 68.5. The molecule has 53 nitrogen and oxygen atoms in total. The molecule has 9 saturated heterocycles. The number of aliphatic hydroxyl groups is 36. The summed E-state index contributed by atoms with van der Waals surface area (Å²) in [6, 6.07) is 0. The minimum atomic E-state index is -5.38. The minimum absolute atomic E-state index is 0.0516. The van der Waals surface area contributed by atoms with Gasteiger partial charge in [0.05, 0.1) is 140 Å². The lowest BCUT2D eigenvalue weighted by atomic mass is 9.49. The van der Waals surface area contributed by atoms with Crippen LogP contribution in [0, 0.1) is 23.7 Å². The van der Waals surface area contributed by atoms with Gasteiger partial charge in [0, 0.05) is 32.2 Å². The molecule has 145 heavy (non-hydrogen) atoms. The van der Waals surface area contributed by atoms with E-state index >= 15 is 20.4 Å². The monoisotopic (exact) mass is 2190 g/mol. The molecule has 0 aliphatic carbocycles. The fourth-order valence-electron chi connectivity index (χ4n) is 22.1. The maximum Gasteiger partial charge on any atom is 0.198 e. The molecule has 0 amide bonds. The van der Waals surface area contributed by atoms with Crippen molar-refractivity contribution in [1.29, 1.82) is 0 Å². The average molecular weight is 2190 g/mol.